The lowest BCUT2D eigenvalue weighted by Gasteiger charge is -2.21. The quantitative estimate of drug-likeness (QED) is 0.889. The van der Waals surface area contributed by atoms with Gasteiger partial charge in [-0.2, -0.15) is 5.10 Å². The molecule has 122 valence electrons. The first-order chi connectivity index (χ1) is 11.2. The second kappa shape index (κ2) is 6.86. The lowest BCUT2D eigenvalue weighted by atomic mass is 9.96. The first kappa shape index (κ1) is 15.6. The van der Waals surface area contributed by atoms with Gasteiger partial charge in [0.25, 0.3) is 5.91 Å². The van der Waals surface area contributed by atoms with Gasteiger partial charge in [0.05, 0.1) is 0 Å². The number of benzene rings is 1. The molecule has 1 aromatic carbocycles. The molecule has 0 radical (unpaired) electrons. The van der Waals surface area contributed by atoms with Crippen LogP contribution in [0.15, 0.2) is 24.3 Å². The fourth-order valence-electron chi connectivity index (χ4n) is 3.20. The Labute approximate surface area is 137 Å². The van der Waals surface area contributed by atoms with Crippen molar-refractivity contribution in [2.24, 2.45) is 0 Å². The molecule has 0 bridgehead atoms. The highest BCUT2D eigenvalue weighted by atomic mass is 16.1. The van der Waals surface area contributed by atoms with Crippen molar-refractivity contribution in [1.82, 2.24) is 10.2 Å². The Bertz CT molecular complexity index is 671. The molecule has 1 amide bonds. The van der Waals surface area contributed by atoms with E-state index in [1.807, 2.05) is 24.3 Å². The van der Waals surface area contributed by atoms with Gasteiger partial charge in [0.1, 0.15) is 0 Å². The molecular weight excluding hydrogens is 288 g/mol. The highest BCUT2D eigenvalue weighted by Crippen LogP contribution is 2.23. The van der Waals surface area contributed by atoms with Crippen LogP contribution in [0.2, 0.25) is 0 Å². The van der Waals surface area contributed by atoms with Crippen LogP contribution in [0, 0.1) is 0 Å². The molecule has 0 aliphatic heterocycles. The molecule has 1 heterocycles. The minimum absolute atomic E-state index is 0.125. The minimum Gasteiger partial charge on any atom is -0.372 e. The summed E-state index contributed by atoms with van der Waals surface area (Å²) in [6.07, 6.45) is 4.23. The van der Waals surface area contributed by atoms with Gasteiger partial charge in [0.15, 0.2) is 5.69 Å². The third-order valence-corrected chi connectivity index (χ3v) is 4.53. The molecule has 2 aromatic rings. The second-order valence-corrected chi connectivity index (χ2v) is 5.91. The number of nitrogens with zero attached hydrogens (tertiary/aromatic N) is 2. The van der Waals surface area contributed by atoms with Crippen LogP contribution in [0.4, 0.5) is 11.4 Å². The highest BCUT2D eigenvalue weighted by molar-refractivity contribution is 6.04. The SMILES string of the molecule is CCN(CC)c1ccc(NC(=O)c2n[nH]c3c2CCCC3)cc1. The van der Waals surface area contributed by atoms with E-state index in [4.69, 9.17) is 0 Å². The smallest absolute Gasteiger partial charge is 0.276 e. The molecule has 0 saturated carbocycles. The Morgan fingerprint density at radius 3 is 2.57 bits per heavy atom. The zero-order valence-electron chi connectivity index (χ0n) is 13.9. The molecule has 23 heavy (non-hydrogen) atoms. The molecule has 1 aliphatic carbocycles. The van der Waals surface area contributed by atoms with Gasteiger partial charge in [-0.15, -0.1) is 0 Å². The summed E-state index contributed by atoms with van der Waals surface area (Å²) in [6, 6.07) is 7.99. The Morgan fingerprint density at radius 2 is 1.87 bits per heavy atom. The number of carbonyl (C=O) groups excluding carboxylic acids is 1. The van der Waals surface area contributed by atoms with E-state index in [1.54, 1.807) is 0 Å². The van der Waals surface area contributed by atoms with E-state index in [9.17, 15) is 4.79 Å². The van der Waals surface area contributed by atoms with E-state index in [1.165, 1.54) is 12.1 Å². The Hall–Kier alpha value is -2.30. The zero-order chi connectivity index (χ0) is 16.2. The molecule has 5 heteroatoms. The van der Waals surface area contributed by atoms with Crippen LogP contribution in [0.1, 0.15) is 48.4 Å². The van der Waals surface area contributed by atoms with Gasteiger partial charge >= 0.3 is 0 Å². The number of nitrogens with one attached hydrogen (secondary N) is 2. The van der Waals surface area contributed by atoms with Crippen molar-refractivity contribution in [1.29, 1.82) is 0 Å². The molecule has 1 aromatic heterocycles. The summed E-state index contributed by atoms with van der Waals surface area (Å²) in [7, 11) is 0. The molecule has 0 saturated heterocycles. The van der Waals surface area contributed by atoms with E-state index < -0.39 is 0 Å². The van der Waals surface area contributed by atoms with E-state index in [0.717, 1.165) is 49.3 Å². The number of H-pyrrole nitrogens is 1. The number of hydrogen-bond donors (Lipinski definition) is 2. The maximum atomic E-state index is 12.5. The summed E-state index contributed by atoms with van der Waals surface area (Å²) in [4.78, 5) is 14.7. The molecule has 0 atom stereocenters. The number of fused-ring (bicyclic) bond motifs is 1. The van der Waals surface area contributed by atoms with Crippen molar-refractivity contribution in [3.8, 4) is 0 Å². The lowest BCUT2D eigenvalue weighted by Crippen LogP contribution is -2.21. The van der Waals surface area contributed by atoms with Crippen LogP contribution in [0.5, 0.6) is 0 Å². The van der Waals surface area contributed by atoms with Crippen LogP contribution >= 0.6 is 0 Å². The van der Waals surface area contributed by atoms with E-state index >= 15 is 0 Å². The van der Waals surface area contributed by atoms with Crippen molar-refractivity contribution in [2.75, 3.05) is 23.3 Å². The van der Waals surface area contributed by atoms with Crippen LogP contribution in [0.3, 0.4) is 0 Å². The number of rotatable bonds is 5. The fraction of sp³-hybridized carbons (Fsp3) is 0.444. The maximum Gasteiger partial charge on any atom is 0.276 e. The van der Waals surface area contributed by atoms with Crippen LogP contribution in [0.25, 0.3) is 0 Å². The van der Waals surface area contributed by atoms with Crippen molar-refractivity contribution in [3.63, 3.8) is 0 Å². The first-order valence-electron chi connectivity index (χ1n) is 8.45. The third-order valence-electron chi connectivity index (χ3n) is 4.53. The zero-order valence-corrected chi connectivity index (χ0v) is 13.9. The summed E-state index contributed by atoms with van der Waals surface area (Å²) in [5.41, 5.74) is 4.74. The molecule has 3 rings (SSSR count). The number of carbonyl (C=O) groups is 1. The summed E-state index contributed by atoms with van der Waals surface area (Å²) in [5.74, 6) is -0.125. The molecule has 2 N–H and O–H groups in total. The Kier molecular flexibility index (Phi) is 4.65. The van der Waals surface area contributed by atoms with Gasteiger partial charge in [-0.1, -0.05) is 0 Å². The van der Waals surface area contributed by atoms with E-state index in [-0.39, 0.29) is 5.91 Å². The molecule has 0 spiro atoms. The average molecular weight is 312 g/mol. The van der Waals surface area contributed by atoms with Crippen molar-refractivity contribution >= 4 is 17.3 Å². The van der Waals surface area contributed by atoms with Crippen molar-refractivity contribution < 1.29 is 4.79 Å². The normalized spacial score (nSPS) is 13.5. The molecular formula is C18H24N4O. The van der Waals surface area contributed by atoms with Crippen LogP contribution < -0.4 is 10.2 Å². The molecule has 5 nitrogen and oxygen atoms in total. The second-order valence-electron chi connectivity index (χ2n) is 5.91. The third kappa shape index (κ3) is 3.23. The highest BCUT2D eigenvalue weighted by Gasteiger charge is 2.21. The summed E-state index contributed by atoms with van der Waals surface area (Å²) >= 11 is 0. The molecule has 1 aliphatic rings. The number of anilines is 2. The maximum absolute atomic E-state index is 12.5. The lowest BCUT2D eigenvalue weighted by molar-refractivity contribution is 0.102. The van der Waals surface area contributed by atoms with Gasteiger partial charge in [-0.3, -0.25) is 9.89 Å². The largest absolute Gasteiger partial charge is 0.372 e. The van der Waals surface area contributed by atoms with E-state index in [2.05, 4.69) is 34.3 Å². The monoisotopic (exact) mass is 312 g/mol. The number of hydrogen-bond acceptors (Lipinski definition) is 3. The minimum atomic E-state index is -0.125. The van der Waals surface area contributed by atoms with Gasteiger partial charge in [-0.05, 0) is 63.8 Å². The number of aromatic amines is 1. The predicted octanol–water partition coefficient (Wildman–Crippen LogP) is 3.39. The Balaban J connectivity index is 1.72. The van der Waals surface area contributed by atoms with Gasteiger partial charge in [-0.25, -0.2) is 0 Å². The number of aryl methyl sites for hydroxylation is 1. The molecule has 0 unspecified atom stereocenters. The van der Waals surface area contributed by atoms with Crippen molar-refractivity contribution in [3.05, 3.63) is 41.2 Å². The number of aromatic nitrogens is 2. The average Bonchev–Trinajstić information content (AvgIpc) is 3.01. The first-order valence-corrected chi connectivity index (χ1v) is 8.45. The summed E-state index contributed by atoms with van der Waals surface area (Å²) < 4.78 is 0. The number of amides is 1. The van der Waals surface area contributed by atoms with Crippen LogP contribution in [-0.4, -0.2) is 29.2 Å². The molecule has 0 fully saturated rings. The summed E-state index contributed by atoms with van der Waals surface area (Å²) in [6.45, 7) is 6.23. The fourth-order valence-corrected chi connectivity index (χ4v) is 3.20. The van der Waals surface area contributed by atoms with Crippen LogP contribution in [-0.2, 0) is 12.8 Å². The van der Waals surface area contributed by atoms with E-state index in [0.29, 0.717) is 5.69 Å². The standard InChI is InChI=1S/C18H24N4O/c1-3-22(4-2)14-11-9-13(10-12-14)19-18(23)17-15-7-5-6-8-16(15)20-21-17/h9-12H,3-8H2,1-2H3,(H,19,23)(H,20,21). The predicted molar refractivity (Wildman–Crippen MR) is 93.2 cm³/mol. The van der Waals surface area contributed by atoms with Crippen molar-refractivity contribution in [2.45, 2.75) is 39.5 Å². The topological polar surface area (TPSA) is 61.0 Å². The van der Waals surface area contributed by atoms with Gasteiger partial charge in [0, 0.05) is 35.7 Å². The summed E-state index contributed by atoms with van der Waals surface area (Å²) in [5, 5.41) is 10.2. The van der Waals surface area contributed by atoms with Gasteiger partial charge < -0.3 is 10.2 Å². The van der Waals surface area contributed by atoms with Gasteiger partial charge in [0.2, 0.25) is 0 Å². The Morgan fingerprint density at radius 1 is 1.17 bits per heavy atom.